The summed E-state index contributed by atoms with van der Waals surface area (Å²) in [5.74, 6) is 0. The lowest BCUT2D eigenvalue weighted by Gasteiger charge is -2.14. The van der Waals surface area contributed by atoms with E-state index in [1.807, 2.05) is 18.2 Å². The number of nitrogens with one attached hydrogen (secondary N) is 1. The van der Waals surface area contributed by atoms with E-state index in [1.54, 1.807) is 14.2 Å². The molecule has 0 aliphatic carbocycles. The SMILES string of the molecule is COC(CCCNc1c([N+](=O)[O-])cnc2cc(Br)ccc12)OC. The fourth-order valence-corrected chi connectivity index (χ4v) is 2.64. The van der Waals surface area contributed by atoms with Crippen LogP contribution >= 0.6 is 15.9 Å². The molecule has 0 fully saturated rings. The fourth-order valence-electron chi connectivity index (χ4n) is 2.29. The first-order valence-electron chi connectivity index (χ1n) is 7.09. The Labute approximate surface area is 142 Å². The molecule has 0 unspecified atom stereocenters. The van der Waals surface area contributed by atoms with E-state index in [-0.39, 0.29) is 12.0 Å². The van der Waals surface area contributed by atoms with Gasteiger partial charge in [0.1, 0.15) is 11.9 Å². The Hall–Kier alpha value is -1.77. The second-order valence-corrected chi connectivity index (χ2v) is 5.82. The van der Waals surface area contributed by atoms with Crippen molar-refractivity contribution in [2.75, 3.05) is 26.1 Å². The third-order valence-corrected chi connectivity index (χ3v) is 3.95. The molecule has 0 bridgehead atoms. The van der Waals surface area contributed by atoms with Crippen LogP contribution in [0.3, 0.4) is 0 Å². The highest BCUT2D eigenvalue weighted by molar-refractivity contribution is 9.10. The van der Waals surface area contributed by atoms with Crippen LogP contribution in [0.5, 0.6) is 0 Å². The molecule has 1 heterocycles. The molecule has 0 amide bonds. The molecule has 7 nitrogen and oxygen atoms in total. The molecule has 0 aliphatic rings. The normalized spacial score (nSPS) is 11.1. The molecule has 1 N–H and O–H groups in total. The predicted molar refractivity (Wildman–Crippen MR) is 91.6 cm³/mol. The summed E-state index contributed by atoms with van der Waals surface area (Å²) >= 11 is 3.38. The van der Waals surface area contributed by atoms with Crippen molar-refractivity contribution in [1.82, 2.24) is 4.98 Å². The molecule has 0 spiro atoms. The van der Waals surface area contributed by atoms with E-state index in [9.17, 15) is 10.1 Å². The lowest BCUT2D eigenvalue weighted by Crippen LogP contribution is -2.15. The molecule has 8 heteroatoms. The predicted octanol–water partition coefficient (Wildman–Crippen LogP) is 3.72. The number of benzene rings is 1. The van der Waals surface area contributed by atoms with Crippen LogP contribution in [-0.2, 0) is 9.47 Å². The van der Waals surface area contributed by atoms with Gasteiger partial charge in [-0.2, -0.15) is 0 Å². The molecule has 0 saturated heterocycles. The number of fused-ring (bicyclic) bond motifs is 1. The Morgan fingerprint density at radius 1 is 1.39 bits per heavy atom. The van der Waals surface area contributed by atoms with E-state index < -0.39 is 4.92 Å². The summed E-state index contributed by atoms with van der Waals surface area (Å²) in [5.41, 5.74) is 1.15. The van der Waals surface area contributed by atoms with E-state index in [0.29, 0.717) is 24.2 Å². The Morgan fingerprint density at radius 2 is 2.13 bits per heavy atom. The maximum atomic E-state index is 11.2. The lowest BCUT2D eigenvalue weighted by molar-refractivity contribution is -0.384. The van der Waals surface area contributed by atoms with Crippen molar-refractivity contribution in [2.45, 2.75) is 19.1 Å². The zero-order valence-electron chi connectivity index (χ0n) is 12.9. The van der Waals surface area contributed by atoms with Crippen molar-refractivity contribution in [3.05, 3.63) is 39.0 Å². The Morgan fingerprint density at radius 3 is 2.78 bits per heavy atom. The molecule has 2 aromatic rings. The number of anilines is 1. The summed E-state index contributed by atoms with van der Waals surface area (Å²) in [6.45, 7) is 0.569. The summed E-state index contributed by atoms with van der Waals surface area (Å²) in [6, 6.07) is 5.48. The van der Waals surface area contributed by atoms with Crippen molar-refractivity contribution < 1.29 is 14.4 Å². The number of ether oxygens (including phenoxy) is 2. The number of hydrogen-bond donors (Lipinski definition) is 1. The summed E-state index contributed by atoms with van der Waals surface area (Å²) in [7, 11) is 3.17. The molecule has 0 saturated carbocycles. The molecule has 1 aromatic carbocycles. The number of pyridine rings is 1. The highest BCUT2D eigenvalue weighted by Crippen LogP contribution is 2.32. The van der Waals surface area contributed by atoms with Gasteiger partial charge in [-0.15, -0.1) is 0 Å². The average molecular weight is 384 g/mol. The number of nitro groups is 1. The molecular formula is C15H18BrN3O4. The van der Waals surface area contributed by atoms with Gasteiger partial charge in [0.2, 0.25) is 0 Å². The molecule has 0 atom stereocenters. The van der Waals surface area contributed by atoms with Crippen molar-refractivity contribution in [3.63, 3.8) is 0 Å². The van der Waals surface area contributed by atoms with Crippen molar-refractivity contribution in [2.24, 2.45) is 0 Å². The van der Waals surface area contributed by atoms with Crippen molar-refractivity contribution in [3.8, 4) is 0 Å². The number of hydrogen-bond acceptors (Lipinski definition) is 6. The average Bonchev–Trinajstić information content (AvgIpc) is 2.54. The third kappa shape index (κ3) is 4.37. The first-order chi connectivity index (χ1) is 11.1. The Kier molecular flexibility index (Phi) is 6.26. The standard InChI is InChI=1S/C15H18BrN3O4/c1-22-14(23-2)4-3-7-17-15-11-6-5-10(16)8-12(11)18-9-13(15)19(20)21/h5-6,8-9,14H,3-4,7H2,1-2H3,(H,17,18). The molecule has 23 heavy (non-hydrogen) atoms. The number of halogens is 1. The summed E-state index contributed by atoms with van der Waals surface area (Å²) < 4.78 is 11.1. The van der Waals surface area contributed by atoms with Gasteiger partial charge in [0.25, 0.3) is 0 Å². The van der Waals surface area contributed by atoms with Crippen LogP contribution in [0.2, 0.25) is 0 Å². The van der Waals surface area contributed by atoms with E-state index in [1.165, 1.54) is 6.20 Å². The van der Waals surface area contributed by atoms with E-state index in [2.05, 4.69) is 26.2 Å². The second-order valence-electron chi connectivity index (χ2n) is 4.91. The molecule has 1 aromatic heterocycles. The summed E-state index contributed by atoms with van der Waals surface area (Å²) in [6.07, 6.45) is 2.47. The van der Waals surface area contributed by atoms with E-state index in [4.69, 9.17) is 9.47 Å². The molecule has 0 radical (unpaired) electrons. The fraction of sp³-hybridized carbons (Fsp3) is 0.400. The number of nitrogens with zero attached hydrogens (tertiary/aromatic N) is 2. The van der Waals surface area contributed by atoms with Gasteiger partial charge in [0, 0.05) is 30.6 Å². The smallest absolute Gasteiger partial charge is 0.311 e. The van der Waals surface area contributed by atoms with E-state index >= 15 is 0 Å². The summed E-state index contributed by atoms with van der Waals surface area (Å²) in [4.78, 5) is 15.0. The molecule has 124 valence electrons. The van der Waals surface area contributed by atoms with Gasteiger partial charge in [-0.3, -0.25) is 10.1 Å². The van der Waals surface area contributed by atoms with Gasteiger partial charge in [-0.25, -0.2) is 4.98 Å². The van der Waals surface area contributed by atoms with Crippen LogP contribution in [0.15, 0.2) is 28.9 Å². The van der Waals surface area contributed by atoms with Crippen LogP contribution in [0.1, 0.15) is 12.8 Å². The largest absolute Gasteiger partial charge is 0.379 e. The molecule has 0 aliphatic heterocycles. The first kappa shape index (κ1) is 17.6. The van der Waals surface area contributed by atoms with Crippen LogP contribution in [0.25, 0.3) is 10.9 Å². The first-order valence-corrected chi connectivity index (χ1v) is 7.88. The lowest BCUT2D eigenvalue weighted by atomic mass is 10.1. The van der Waals surface area contributed by atoms with Gasteiger partial charge >= 0.3 is 5.69 Å². The zero-order valence-corrected chi connectivity index (χ0v) is 14.5. The Bertz CT molecular complexity index is 692. The van der Waals surface area contributed by atoms with Gasteiger partial charge in [-0.05, 0) is 31.0 Å². The van der Waals surface area contributed by atoms with Gasteiger partial charge in [-0.1, -0.05) is 15.9 Å². The third-order valence-electron chi connectivity index (χ3n) is 3.45. The van der Waals surface area contributed by atoms with Gasteiger partial charge < -0.3 is 14.8 Å². The minimum Gasteiger partial charge on any atom is -0.379 e. The van der Waals surface area contributed by atoms with Crippen LogP contribution < -0.4 is 5.32 Å². The van der Waals surface area contributed by atoms with Crippen LogP contribution in [0.4, 0.5) is 11.4 Å². The maximum Gasteiger partial charge on any atom is 0.311 e. The van der Waals surface area contributed by atoms with Crippen LogP contribution in [0, 0.1) is 10.1 Å². The monoisotopic (exact) mass is 383 g/mol. The Balaban J connectivity index is 2.20. The highest BCUT2D eigenvalue weighted by atomic mass is 79.9. The number of rotatable bonds is 8. The number of aromatic nitrogens is 1. The highest BCUT2D eigenvalue weighted by Gasteiger charge is 2.18. The van der Waals surface area contributed by atoms with Gasteiger partial charge in [0.05, 0.1) is 10.4 Å². The van der Waals surface area contributed by atoms with Gasteiger partial charge in [0.15, 0.2) is 6.29 Å². The number of methoxy groups -OCH3 is 2. The van der Waals surface area contributed by atoms with Crippen molar-refractivity contribution >= 4 is 38.2 Å². The minimum absolute atomic E-state index is 0.0325. The van der Waals surface area contributed by atoms with Crippen LogP contribution in [-0.4, -0.2) is 37.0 Å². The maximum absolute atomic E-state index is 11.2. The second kappa shape index (κ2) is 8.19. The topological polar surface area (TPSA) is 86.5 Å². The van der Waals surface area contributed by atoms with Crippen molar-refractivity contribution in [1.29, 1.82) is 0 Å². The quantitative estimate of drug-likeness (QED) is 0.323. The molecule has 2 rings (SSSR count). The minimum atomic E-state index is -0.427. The van der Waals surface area contributed by atoms with E-state index in [0.717, 1.165) is 16.3 Å². The summed E-state index contributed by atoms with van der Waals surface area (Å²) in [5, 5.41) is 15.1. The zero-order chi connectivity index (χ0) is 16.8. The molecular weight excluding hydrogens is 366 g/mol.